The van der Waals surface area contributed by atoms with Crippen molar-refractivity contribution in [2.45, 2.75) is 51.3 Å². The molecule has 1 atom stereocenters. The molecule has 16 heavy (non-hydrogen) atoms. The van der Waals surface area contributed by atoms with Gasteiger partial charge in [-0.2, -0.15) is 5.10 Å². The van der Waals surface area contributed by atoms with Gasteiger partial charge >= 0.3 is 0 Å². The number of aliphatic hydroxyl groups is 1. The summed E-state index contributed by atoms with van der Waals surface area (Å²) >= 11 is 0. The van der Waals surface area contributed by atoms with E-state index in [0.717, 1.165) is 5.69 Å². The van der Waals surface area contributed by atoms with E-state index >= 15 is 0 Å². The number of aliphatic hydroxyl groups excluding tert-OH is 1. The standard InChI is InChI=1S/C12H21N3O/c1-9(2)13-8-12(16)11-6-7-14-15(11)10-4-3-5-10/h6-7,9-10,12-13,16H,3-5,8H2,1-2H3. The van der Waals surface area contributed by atoms with Crippen molar-refractivity contribution >= 4 is 0 Å². The van der Waals surface area contributed by atoms with Gasteiger partial charge in [0.15, 0.2) is 0 Å². The zero-order chi connectivity index (χ0) is 11.5. The number of hydrogen-bond donors (Lipinski definition) is 2. The third-order valence-corrected chi connectivity index (χ3v) is 3.18. The van der Waals surface area contributed by atoms with Crippen LogP contribution in [0.25, 0.3) is 0 Å². The molecule has 1 aromatic heterocycles. The van der Waals surface area contributed by atoms with Crippen molar-refractivity contribution in [2.24, 2.45) is 0 Å². The fraction of sp³-hybridized carbons (Fsp3) is 0.750. The predicted molar refractivity (Wildman–Crippen MR) is 63.2 cm³/mol. The Hall–Kier alpha value is -0.870. The molecule has 1 aliphatic rings. The summed E-state index contributed by atoms with van der Waals surface area (Å²) in [5, 5.41) is 17.6. The Morgan fingerprint density at radius 2 is 2.31 bits per heavy atom. The second-order valence-corrected chi connectivity index (χ2v) is 4.86. The lowest BCUT2D eigenvalue weighted by atomic mass is 9.93. The molecule has 4 nitrogen and oxygen atoms in total. The maximum Gasteiger partial charge on any atom is 0.108 e. The molecule has 1 fully saturated rings. The largest absolute Gasteiger partial charge is 0.385 e. The van der Waals surface area contributed by atoms with Crippen LogP contribution in [0.15, 0.2) is 12.3 Å². The van der Waals surface area contributed by atoms with E-state index in [1.165, 1.54) is 19.3 Å². The SMILES string of the molecule is CC(C)NCC(O)c1ccnn1C1CCC1. The molecule has 4 heteroatoms. The Morgan fingerprint density at radius 3 is 2.88 bits per heavy atom. The third kappa shape index (κ3) is 2.44. The van der Waals surface area contributed by atoms with E-state index in [0.29, 0.717) is 18.6 Å². The van der Waals surface area contributed by atoms with Crippen molar-refractivity contribution in [3.8, 4) is 0 Å². The summed E-state index contributed by atoms with van der Waals surface area (Å²) in [7, 11) is 0. The molecule has 1 aliphatic carbocycles. The average Bonchev–Trinajstić information content (AvgIpc) is 2.60. The lowest BCUT2D eigenvalue weighted by Gasteiger charge is -2.28. The first-order valence-electron chi connectivity index (χ1n) is 6.13. The van der Waals surface area contributed by atoms with Crippen LogP contribution in [0.1, 0.15) is 50.9 Å². The number of nitrogens with one attached hydrogen (secondary N) is 1. The molecule has 2 N–H and O–H groups in total. The van der Waals surface area contributed by atoms with Gasteiger partial charge in [-0.3, -0.25) is 4.68 Å². The van der Waals surface area contributed by atoms with Crippen molar-refractivity contribution in [3.63, 3.8) is 0 Å². The molecular weight excluding hydrogens is 202 g/mol. The highest BCUT2D eigenvalue weighted by atomic mass is 16.3. The fourth-order valence-corrected chi connectivity index (χ4v) is 1.98. The zero-order valence-corrected chi connectivity index (χ0v) is 10.1. The van der Waals surface area contributed by atoms with E-state index in [9.17, 15) is 5.11 Å². The summed E-state index contributed by atoms with van der Waals surface area (Å²) in [4.78, 5) is 0. The molecule has 0 saturated heterocycles. The molecule has 0 aliphatic heterocycles. The Kier molecular flexibility index (Phi) is 3.61. The van der Waals surface area contributed by atoms with Crippen LogP contribution < -0.4 is 5.32 Å². The molecule has 90 valence electrons. The Labute approximate surface area is 96.7 Å². The molecular formula is C12H21N3O. The Balaban J connectivity index is 1.99. The van der Waals surface area contributed by atoms with E-state index in [4.69, 9.17) is 0 Å². The van der Waals surface area contributed by atoms with Crippen LogP contribution in [0.4, 0.5) is 0 Å². The van der Waals surface area contributed by atoms with Crippen LogP contribution in [0.5, 0.6) is 0 Å². The van der Waals surface area contributed by atoms with Gasteiger partial charge < -0.3 is 10.4 Å². The van der Waals surface area contributed by atoms with Crippen LogP contribution in [0, 0.1) is 0 Å². The molecule has 0 spiro atoms. The predicted octanol–water partition coefficient (Wildman–Crippen LogP) is 1.64. The first-order chi connectivity index (χ1) is 7.68. The van der Waals surface area contributed by atoms with Crippen LogP contribution >= 0.6 is 0 Å². The normalized spacial score (nSPS) is 18.8. The molecule has 2 rings (SSSR count). The lowest BCUT2D eigenvalue weighted by molar-refractivity contribution is 0.150. The van der Waals surface area contributed by atoms with Crippen molar-refractivity contribution in [3.05, 3.63) is 18.0 Å². The van der Waals surface area contributed by atoms with Gasteiger partial charge in [0.25, 0.3) is 0 Å². The van der Waals surface area contributed by atoms with Crippen LogP contribution in [0.2, 0.25) is 0 Å². The second-order valence-electron chi connectivity index (χ2n) is 4.86. The third-order valence-electron chi connectivity index (χ3n) is 3.18. The molecule has 0 aromatic carbocycles. The number of rotatable bonds is 5. The fourth-order valence-electron chi connectivity index (χ4n) is 1.98. The summed E-state index contributed by atoms with van der Waals surface area (Å²) in [6, 6.07) is 2.83. The Bertz CT molecular complexity index is 331. The van der Waals surface area contributed by atoms with E-state index < -0.39 is 6.10 Å². The highest BCUT2D eigenvalue weighted by Crippen LogP contribution is 2.32. The smallest absolute Gasteiger partial charge is 0.108 e. The molecule has 0 amide bonds. The minimum absolute atomic E-state index is 0.398. The second kappa shape index (κ2) is 4.97. The summed E-state index contributed by atoms with van der Waals surface area (Å²) in [5.41, 5.74) is 0.942. The van der Waals surface area contributed by atoms with Crippen LogP contribution in [-0.2, 0) is 0 Å². The van der Waals surface area contributed by atoms with Gasteiger partial charge in [0.05, 0.1) is 11.7 Å². The Morgan fingerprint density at radius 1 is 1.56 bits per heavy atom. The van der Waals surface area contributed by atoms with E-state index in [1.54, 1.807) is 6.20 Å². The topological polar surface area (TPSA) is 50.1 Å². The number of aromatic nitrogens is 2. The van der Waals surface area contributed by atoms with Crippen molar-refractivity contribution in [2.75, 3.05) is 6.54 Å². The number of hydrogen-bond acceptors (Lipinski definition) is 3. The zero-order valence-electron chi connectivity index (χ0n) is 10.1. The van der Waals surface area contributed by atoms with E-state index in [1.807, 2.05) is 10.7 Å². The van der Waals surface area contributed by atoms with Gasteiger partial charge in [-0.25, -0.2) is 0 Å². The van der Waals surface area contributed by atoms with Gasteiger partial charge in [-0.05, 0) is 25.3 Å². The van der Waals surface area contributed by atoms with Gasteiger partial charge in [-0.15, -0.1) is 0 Å². The lowest BCUT2D eigenvalue weighted by Crippen LogP contribution is -2.30. The first-order valence-corrected chi connectivity index (χ1v) is 6.13. The highest BCUT2D eigenvalue weighted by Gasteiger charge is 2.24. The molecule has 1 aromatic rings. The van der Waals surface area contributed by atoms with Gasteiger partial charge in [0.1, 0.15) is 6.10 Å². The van der Waals surface area contributed by atoms with Crippen molar-refractivity contribution < 1.29 is 5.11 Å². The van der Waals surface area contributed by atoms with Gasteiger partial charge in [-0.1, -0.05) is 13.8 Å². The minimum Gasteiger partial charge on any atom is -0.385 e. The summed E-state index contributed by atoms with van der Waals surface area (Å²) < 4.78 is 2.00. The average molecular weight is 223 g/mol. The summed E-state index contributed by atoms with van der Waals surface area (Å²) in [6.07, 6.45) is 5.00. The molecule has 1 heterocycles. The molecule has 1 unspecified atom stereocenters. The van der Waals surface area contributed by atoms with Crippen LogP contribution in [-0.4, -0.2) is 27.5 Å². The first kappa shape index (κ1) is 11.6. The monoisotopic (exact) mass is 223 g/mol. The number of nitrogens with zero attached hydrogens (tertiary/aromatic N) is 2. The molecule has 0 bridgehead atoms. The van der Waals surface area contributed by atoms with Crippen LogP contribution in [0.3, 0.4) is 0 Å². The highest BCUT2D eigenvalue weighted by molar-refractivity contribution is 5.07. The van der Waals surface area contributed by atoms with Crippen molar-refractivity contribution in [1.82, 2.24) is 15.1 Å². The van der Waals surface area contributed by atoms with E-state index in [2.05, 4.69) is 24.3 Å². The summed E-state index contributed by atoms with van der Waals surface area (Å²) in [5.74, 6) is 0. The van der Waals surface area contributed by atoms with Gasteiger partial charge in [0.2, 0.25) is 0 Å². The quantitative estimate of drug-likeness (QED) is 0.798. The molecule has 0 radical (unpaired) electrons. The maximum atomic E-state index is 10.1. The van der Waals surface area contributed by atoms with Gasteiger partial charge in [0, 0.05) is 18.8 Å². The molecule has 1 saturated carbocycles. The minimum atomic E-state index is -0.453. The summed E-state index contributed by atoms with van der Waals surface area (Å²) in [6.45, 7) is 4.75. The van der Waals surface area contributed by atoms with Crippen molar-refractivity contribution in [1.29, 1.82) is 0 Å². The van der Waals surface area contributed by atoms with E-state index in [-0.39, 0.29) is 0 Å². The maximum absolute atomic E-state index is 10.1.